The zero-order valence-corrected chi connectivity index (χ0v) is 8.65. The van der Waals surface area contributed by atoms with E-state index in [-0.39, 0.29) is 0 Å². The van der Waals surface area contributed by atoms with Crippen LogP contribution in [0, 0.1) is 20.8 Å². The molecule has 3 nitrogen and oxygen atoms in total. The molecule has 0 saturated carbocycles. The summed E-state index contributed by atoms with van der Waals surface area (Å²) < 4.78 is 1.86. The van der Waals surface area contributed by atoms with E-state index in [2.05, 4.69) is 10.1 Å². The molecule has 0 aliphatic carbocycles. The first-order chi connectivity index (χ1) is 6.66. The SMILES string of the molecule is Cc1cccc(-n2nc(C)cc2C)n1. The van der Waals surface area contributed by atoms with Crippen molar-refractivity contribution in [3.63, 3.8) is 0 Å². The Kier molecular flexibility index (Phi) is 2.08. The highest BCUT2D eigenvalue weighted by Gasteiger charge is 2.03. The van der Waals surface area contributed by atoms with Crippen molar-refractivity contribution in [3.8, 4) is 5.82 Å². The molecule has 72 valence electrons. The molecule has 0 spiro atoms. The highest BCUT2D eigenvalue weighted by atomic mass is 15.3. The zero-order chi connectivity index (χ0) is 10.1. The van der Waals surface area contributed by atoms with Gasteiger partial charge in [0.05, 0.1) is 5.69 Å². The number of aromatic nitrogens is 3. The highest BCUT2D eigenvalue weighted by molar-refractivity contribution is 5.26. The van der Waals surface area contributed by atoms with Crippen molar-refractivity contribution in [1.29, 1.82) is 0 Å². The Labute approximate surface area is 83.4 Å². The van der Waals surface area contributed by atoms with Gasteiger partial charge in [-0.15, -0.1) is 0 Å². The third kappa shape index (κ3) is 1.53. The molecule has 14 heavy (non-hydrogen) atoms. The Morgan fingerprint density at radius 1 is 1.07 bits per heavy atom. The molecule has 2 aromatic heterocycles. The molecule has 0 fully saturated rings. The molecule has 0 radical (unpaired) electrons. The van der Waals surface area contributed by atoms with Crippen LogP contribution in [-0.4, -0.2) is 14.8 Å². The molecule has 2 heterocycles. The van der Waals surface area contributed by atoms with Crippen LogP contribution in [0.25, 0.3) is 5.82 Å². The molecular weight excluding hydrogens is 174 g/mol. The largest absolute Gasteiger partial charge is 0.234 e. The summed E-state index contributed by atoms with van der Waals surface area (Å²) in [7, 11) is 0. The molecule has 0 aliphatic heterocycles. The standard InChI is InChI=1S/C11H13N3/c1-8-5-4-6-11(12-8)14-10(3)7-9(2)13-14/h4-7H,1-3H3. The topological polar surface area (TPSA) is 30.7 Å². The summed E-state index contributed by atoms with van der Waals surface area (Å²) in [6, 6.07) is 7.99. The maximum atomic E-state index is 4.42. The number of hydrogen-bond donors (Lipinski definition) is 0. The normalized spacial score (nSPS) is 10.5. The molecule has 0 bridgehead atoms. The third-order valence-electron chi connectivity index (χ3n) is 2.10. The average Bonchev–Trinajstić information content (AvgIpc) is 2.45. The maximum Gasteiger partial charge on any atom is 0.153 e. The van der Waals surface area contributed by atoms with Gasteiger partial charge in [0.2, 0.25) is 0 Å². The maximum absolute atomic E-state index is 4.42. The first-order valence-electron chi connectivity index (χ1n) is 4.64. The van der Waals surface area contributed by atoms with Gasteiger partial charge >= 0.3 is 0 Å². The van der Waals surface area contributed by atoms with Gasteiger partial charge in [-0.25, -0.2) is 9.67 Å². The van der Waals surface area contributed by atoms with Gasteiger partial charge in [0.15, 0.2) is 5.82 Å². The van der Waals surface area contributed by atoms with E-state index in [4.69, 9.17) is 0 Å². The van der Waals surface area contributed by atoms with Gasteiger partial charge in [0.25, 0.3) is 0 Å². The Hall–Kier alpha value is -1.64. The monoisotopic (exact) mass is 187 g/mol. The van der Waals surface area contributed by atoms with Crippen molar-refractivity contribution < 1.29 is 0 Å². The van der Waals surface area contributed by atoms with Crippen LogP contribution in [0.5, 0.6) is 0 Å². The second-order valence-corrected chi connectivity index (χ2v) is 3.48. The van der Waals surface area contributed by atoms with Gasteiger partial charge in [0, 0.05) is 11.4 Å². The second kappa shape index (κ2) is 3.25. The van der Waals surface area contributed by atoms with Crippen molar-refractivity contribution in [3.05, 3.63) is 41.3 Å². The molecule has 0 N–H and O–H groups in total. The van der Waals surface area contributed by atoms with E-state index in [0.717, 1.165) is 22.9 Å². The van der Waals surface area contributed by atoms with Gasteiger partial charge < -0.3 is 0 Å². The van der Waals surface area contributed by atoms with Crippen LogP contribution in [0.3, 0.4) is 0 Å². The predicted octanol–water partition coefficient (Wildman–Crippen LogP) is 2.19. The molecule has 0 aliphatic rings. The smallest absolute Gasteiger partial charge is 0.153 e. The zero-order valence-electron chi connectivity index (χ0n) is 8.65. The van der Waals surface area contributed by atoms with Crippen molar-refractivity contribution in [2.75, 3.05) is 0 Å². The van der Waals surface area contributed by atoms with E-state index in [1.807, 2.05) is 49.7 Å². The van der Waals surface area contributed by atoms with Crippen LogP contribution in [0.15, 0.2) is 24.3 Å². The molecule has 0 unspecified atom stereocenters. The van der Waals surface area contributed by atoms with E-state index < -0.39 is 0 Å². The van der Waals surface area contributed by atoms with Crippen LogP contribution >= 0.6 is 0 Å². The second-order valence-electron chi connectivity index (χ2n) is 3.48. The Morgan fingerprint density at radius 2 is 1.86 bits per heavy atom. The molecule has 0 amide bonds. The molecule has 0 atom stereocenters. The van der Waals surface area contributed by atoms with Crippen molar-refractivity contribution in [1.82, 2.24) is 14.8 Å². The van der Waals surface area contributed by atoms with Crippen LogP contribution in [0.4, 0.5) is 0 Å². The summed E-state index contributed by atoms with van der Waals surface area (Å²) in [6.45, 7) is 6.00. The number of rotatable bonds is 1. The number of nitrogens with zero attached hydrogens (tertiary/aromatic N) is 3. The molecule has 3 heteroatoms. The molecule has 0 aromatic carbocycles. The van der Waals surface area contributed by atoms with Crippen molar-refractivity contribution in [2.45, 2.75) is 20.8 Å². The molecule has 2 aromatic rings. The van der Waals surface area contributed by atoms with Crippen LogP contribution in [-0.2, 0) is 0 Å². The summed E-state index contributed by atoms with van der Waals surface area (Å²) in [5.41, 5.74) is 3.14. The first kappa shape index (κ1) is 8.94. The Morgan fingerprint density at radius 3 is 2.43 bits per heavy atom. The quantitative estimate of drug-likeness (QED) is 0.685. The third-order valence-corrected chi connectivity index (χ3v) is 2.10. The van der Waals surface area contributed by atoms with Gasteiger partial charge in [0.1, 0.15) is 0 Å². The summed E-state index contributed by atoms with van der Waals surface area (Å²) in [5.74, 6) is 0.885. The first-order valence-corrected chi connectivity index (χ1v) is 4.64. The molecular formula is C11H13N3. The average molecular weight is 187 g/mol. The lowest BCUT2D eigenvalue weighted by Crippen LogP contribution is -2.02. The van der Waals surface area contributed by atoms with Gasteiger partial charge in [-0.1, -0.05) is 6.07 Å². The Balaban J connectivity index is 2.54. The lowest BCUT2D eigenvalue weighted by atomic mass is 10.3. The fourth-order valence-corrected chi connectivity index (χ4v) is 1.51. The van der Waals surface area contributed by atoms with Crippen molar-refractivity contribution in [2.24, 2.45) is 0 Å². The number of pyridine rings is 1. The van der Waals surface area contributed by atoms with Gasteiger partial charge in [-0.05, 0) is 39.0 Å². The van der Waals surface area contributed by atoms with E-state index in [0.29, 0.717) is 0 Å². The highest BCUT2D eigenvalue weighted by Crippen LogP contribution is 2.09. The fraction of sp³-hybridized carbons (Fsp3) is 0.273. The van der Waals surface area contributed by atoms with E-state index in [1.54, 1.807) is 0 Å². The minimum Gasteiger partial charge on any atom is -0.234 e. The van der Waals surface area contributed by atoms with E-state index in [1.165, 1.54) is 0 Å². The molecule has 2 rings (SSSR count). The van der Waals surface area contributed by atoms with Crippen LogP contribution in [0.2, 0.25) is 0 Å². The van der Waals surface area contributed by atoms with Gasteiger partial charge in [-0.3, -0.25) is 0 Å². The summed E-state index contributed by atoms with van der Waals surface area (Å²) in [6.07, 6.45) is 0. The minimum absolute atomic E-state index is 0.885. The van der Waals surface area contributed by atoms with Crippen LogP contribution < -0.4 is 0 Å². The van der Waals surface area contributed by atoms with Gasteiger partial charge in [-0.2, -0.15) is 5.10 Å². The lowest BCUT2D eigenvalue weighted by Gasteiger charge is -2.03. The summed E-state index contributed by atoms with van der Waals surface area (Å²) in [5, 5.41) is 4.38. The Bertz CT molecular complexity index is 457. The summed E-state index contributed by atoms with van der Waals surface area (Å²) in [4.78, 5) is 4.42. The minimum atomic E-state index is 0.885. The summed E-state index contributed by atoms with van der Waals surface area (Å²) >= 11 is 0. The number of hydrogen-bond acceptors (Lipinski definition) is 2. The van der Waals surface area contributed by atoms with E-state index >= 15 is 0 Å². The number of aryl methyl sites for hydroxylation is 3. The predicted molar refractivity (Wildman–Crippen MR) is 55.6 cm³/mol. The van der Waals surface area contributed by atoms with Crippen molar-refractivity contribution >= 4 is 0 Å². The lowest BCUT2D eigenvalue weighted by molar-refractivity contribution is 0.801. The van der Waals surface area contributed by atoms with E-state index in [9.17, 15) is 0 Å². The van der Waals surface area contributed by atoms with Crippen LogP contribution in [0.1, 0.15) is 17.1 Å². The fourth-order valence-electron chi connectivity index (χ4n) is 1.51. The molecule has 0 saturated heterocycles.